The molecule has 1 amide bonds. The van der Waals surface area contributed by atoms with E-state index in [1.54, 1.807) is 17.9 Å². The van der Waals surface area contributed by atoms with Crippen molar-refractivity contribution in [2.45, 2.75) is 50.7 Å². The maximum absolute atomic E-state index is 13.5. The molecule has 22 heavy (non-hydrogen) atoms. The lowest BCUT2D eigenvalue weighted by Crippen LogP contribution is -2.48. The van der Waals surface area contributed by atoms with E-state index in [2.05, 4.69) is 5.32 Å². The number of piperidine rings is 1. The summed E-state index contributed by atoms with van der Waals surface area (Å²) in [6.07, 6.45) is 4.35. The Morgan fingerprint density at radius 1 is 1.32 bits per heavy atom. The molecule has 1 N–H and O–H groups in total. The van der Waals surface area contributed by atoms with Crippen molar-refractivity contribution < 1.29 is 9.18 Å². The van der Waals surface area contributed by atoms with E-state index >= 15 is 0 Å². The van der Waals surface area contributed by atoms with Crippen LogP contribution in [0.1, 0.15) is 41.6 Å². The van der Waals surface area contributed by atoms with Crippen molar-refractivity contribution in [3.63, 3.8) is 0 Å². The fourth-order valence-corrected chi connectivity index (χ4v) is 3.75. The third-order valence-corrected chi connectivity index (χ3v) is 5.11. The van der Waals surface area contributed by atoms with Crippen molar-refractivity contribution in [3.05, 3.63) is 34.1 Å². The van der Waals surface area contributed by atoms with E-state index in [9.17, 15) is 9.18 Å². The van der Waals surface area contributed by atoms with Gasteiger partial charge in [0.25, 0.3) is 5.91 Å². The minimum atomic E-state index is -0.376. The van der Waals surface area contributed by atoms with Crippen molar-refractivity contribution in [3.8, 4) is 0 Å². The van der Waals surface area contributed by atoms with Crippen molar-refractivity contribution >= 4 is 29.9 Å². The summed E-state index contributed by atoms with van der Waals surface area (Å²) < 4.78 is 13.5. The van der Waals surface area contributed by atoms with Crippen LogP contribution in [0.15, 0.2) is 12.1 Å². The lowest BCUT2D eigenvalue weighted by atomic mass is 9.97. The third-order valence-electron chi connectivity index (χ3n) is 4.79. The van der Waals surface area contributed by atoms with E-state index in [4.69, 9.17) is 11.6 Å². The van der Waals surface area contributed by atoms with Gasteiger partial charge < -0.3 is 10.2 Å². The number of aryl methyl sites for hydroxylation is 1. The van der Waals surface area contributed by atoms with E-state index in [1.807, 2.05) is 7.05 Å². The van der Waals surface area contributed by atoms with Gasteiger partial charge in [0.15, 0.2) is 0 Å². The van der Waals surface area contributed by atoms with Crippen LogP contribution in [-0.4, -0.2) is 36.0 Å². The second kappa shape index (κ2) is 6.73. The molecule has 2 heterocycles. The number of nitrogens with one attached hydrogen (secondary N) is 1. The van der Waals surface area contributed by atoms with E-state index in [0.717, 1.165) is 12.8 Å². The first-order valence-electron chi connectivity index (χ1n) is 7.44. The Morgan fingerprint density at radius 3 is 2.50 bits per heavy atom. The normalized spacial score (nSPS) is 26.5. The summed E-state index contributed by atoms with van der Waals surface area (Å²) in [4.78, 5) is 14.4. The number of hydrogen-bond acceptors (Lipinski definition) is 2. The first-order valence-corrected chi connectivity index (χ1v) is 7.82. The van der Waals surface area contributed by atoms with E-state index in [-0.39, 0.29) is 35.2 Å². The molecule has 0 spiro atoms. The lowest BCUT2D eigenvalue weighted by Gasteiger charge is -2.35. The van der Waals surface area contributed by atoms with Gasteiger partial charge in [0.2, 0.25) is 0 Å². The highest BCUT2D eigenvalue weighted by Crippen LogP contribution is 2.31. The average molecular weight is 347 g/mol. The molecular formula is C16H21Cl2FN2O. The maximum atomic E-state index is 13.5. The Morgan fingerprint density at radius 2 is 1.91 bits per heavy atom. The molecule has 0 radical (unpaired) electrons. The molecule has 0 saturated carbocycles. The van der Waals surface area contributed by atoms with Crippen LogP contribution in [0.3, 0.4) is 0 Å². The molecule has 0 aliphatic carbocycles. The number of halogens is 3. The Labute approximate surface area is 141 Å². The van der Waals surface area contributed by atoms with Crippen molar-refractivity contribution in [2.75, 3.05) is 7.05 Å². The lowest BCUT2D eigenvalue weighted by molar-refractivity contribution is 0.0681. The number of amides is 1. The largest absolute Gasteiger partial charge is 0.339 e. The van der Waals surface area contributed by atoms with Crippen molar-refractivity contribution in [2.24, 2.45) is 0 Å². The molecular weight excluding hydrogens is 326 g/mol. The van der Waals surface area contributed by atoms with Gasteiger partial charge in [0.05, 0.1) is 10.6 Å². The Balaban J connectivity index is 0.00000176. The number of carbonyl (C=O) groups is 1. The molecule has 3 nitrogen and oxygen atoms in total. The predicted molar refractivity (Wildman–Crippen MR) is 88.5 cm³/mol. The number of nitrogens with zero attached hydrogens (tertiary/aromatic N) is 1. The highest BCUT2D eigenvalue weighted by molar-refractivity contribution is 6.33. The number of rotatable bonds is 2. The Kier molecular flexibility index (Phi) is 5.36. The molecule has 3 rings (SSSR count). The molecule has 2 aliphatic rings. The Bertz CT molecular complexity index is 570. The standard InChI is InChI=1S/C16H20ClFN2O.ClH/c1-9-5-13(14(17)8-15(9)18)16(21)20(2)12-6-10-3-4-11(7-12)19-10;/h5,8,10-12,19H,3-4,6-7H2,1-2H3;1H. The van der Waals surface area contributed by atoms with Gasteiger partial charge in [-0.05, 0) is 50.3 Å². The molecule has 2 saturated heterocycles. The maximum Gasteiger partial charge on any atom is 0.255 e. The molecule has 1 aromatic carbocycles. The molecule has 122 valence electrons. The van der Waals surface area contributed by atoms with Crippen LogP contribution in [-0.2, 0) is 0 Å². The highest BCUT2D eigenvalue weighted by Gasteiger charge is 2.36. The molecule has 2 unspecified atom stereocenters. The molecule has 0 aromatic heterocycles. The highest BCUT2D eigenvalue weighted by atomic mass is 35.5. The van der Waals surface area contributed by atoms with E-state index in [1.165, 1.54) is 18.9 Å². The fourth-order valence-electron chi connectivity index (χ4n) is 3.52. The molecule has 1 aromatic rings. The summed E-state index contributed by atoms with van der Waals surface area (Å²) >= 11 is 6.05. The van der Waals surface area contributed by atoms with E-state index in [0.29, 0.717) is 23.2 Å². The van der Waals surface area contributed by atoms with Gasteiger partial charge >= 0.3 is 0 Å². The summed E-state index contributed by atoms with van der Waals surface area (Å²) in [5.74, 6) is -0.492. The van der Waals surface area contributed by atoms with Crippen LogP contribution in [0.5, 0.6) is 0 Å². The van der Waals surface area contributed by atoms with Crippen LogP contribution in [0, 0.1) is 12.7 Å². The van der Waals surface area contributed by atoms with Gasteiger partial charge in [0, 0.05) is 25.2 Å². The van der Waals surface area contributed by atoms with Crippen LogP contribution < -0.4 is 5.32 Å². The number of carbonyl (C=O) groups excluding carboxylic acids is 1. The van der Waals surface area contributed by atoms with Gasteiger partial charge in [-0.2, -0.15) is 0 Å². The van der Waals surface area contributed by atoms with Gasteiger partial charge in [-0.3, -0.25) is 4.79 Å². The average Bonchev–Trinajstić information content (AvgIpc) is 2.79. The minimum absolute atomic E-state index is 0. The quantitative estimate of drug-likeness (QED) is 0.887. The molecule has 2 atom stereocenters. The van der Waals surface area contributed by atoms with Gasteiger partial charge in [-0.25, -0.2) is 4.39 Å². The molecule has 2 aliphatic heterocycles. The minimum Gasteiger partial charge on any atom is -0.339 e. The zero-order chi connectivity index (χ0) is 15.1. The number of fused-ring (bicyclic) bond motifs is 2. The summed E-state index contributed by atoms with van der Waals surface area (Å²) in [5.41, 5.74) is 0.838. The molecule has 6 heteroatoms. The van der Waals surface area contributed by atoms with Gasteiger partial charge in [0.1, 0.15) is 5.82 Å². The van der Waals surface area contributed by atoms with Gasteiger partial charge in [-0.1, -0.05) is 11.6 Å². The van der Waals surface area contributed by atoms with Crippen molar-refractivity contribution in [1.29, 1.82) is 0 Å². The summed E-state index contributed by atoms with van der Waals surface area (Å²) in [6, 6.07) is 4.05. The number of benzene rings is 1. The topological polar surface area (TPSA) is 32.3 Å². The first-order chi connectivity index (χ1) is 9.95. The fraction of sp³-hybridized carbons (Fsp3) is 0.562. The zero-order valence-electron chi connectivity index (χ0n) is 12.7. The Hall–Kier alpha value is -0.840. The second-order valence-corrected chi connectivity index (χ2v) is 6.67. The summed E-state index contributed by atoms with van der Waals surface area (Å²) in [6.45, 7) is 1.65. The smallest absolute Gasteiger partial charge is 0.255 e. The van der Waals surface area contributed by atoms with E-state index < -0.39 is 0 Å². The second-order valence-electron chi connectivity index (χ2n) is 6.26. The summed E-state index contributed by atoms with van der Waals surface area (Å²) in [7, 11) is 1.83. The first kappa shape index (κ1) is 17.5. The molecule has 2 fully saturated rings. The van der Waals surface area contributed by atoms with Crippen LogP contribution >= 0.6 is 24.0 Å². The monoisotopic (exact) mass is 346 g/mol. The van der Waals surface area contributed by atoms with Crippen LogP contribution in [0.25, 0.3) is 0 Å². The van der Waals surface area contributed by atoms with Crippen LogP contribution in [0.4, 0.5) is 4.39 Å². The zero-order valence-corrected chi connectivity index (χ0v) is 14.3. The molecule has 2 bridgehead atoms. The van der Waals surface area contributed by atoms with Crippen molar-refractivity contribution in [1.82, 2.24) is 10.2 Å². The summed E-state index contributed by atoms with van der Waals surface area (Å²) in [5, 5.41) is 3.76. The van der Waals surface area contributed by atoms with Gasteiger partial charge in [-0.15, -0.1) is 12.4 Å². The third kappa shape index (κ3) is 3.24. The SMILES string of the molecule is Cc1cc(C(=O)N(C)C2CC3CCC(C2)N3)c(Cl)cc1F.Cl. The predicted octanol–water partition coefficient (Wildman–Crippen LogP) is 3.56. The number of hydrogen-bond donors (Lipinski definition) is 1. The van der Waals surface area contributed by atoms with Crippen LogP contribution in [0.2, 0.25) is 5.02 Å².